The molecule has 0 saturated carbocycles. The van der Waals surface area contributed by atoms with E-state index in [1.807, 2.05) is 18.2 Å². The summed E-state index contributed by atoms with van der Waals surface area (Å²) < 4.78 is 14.6. The first-order chi connectivity index (χ1) is 13.0. The summed E-state index contributed by atoms with van der Waals surface area (Å²) in [5.41, 5.74) is 1.86. The van der Waals surface area contributed by atoms with E-state index in [1.54, 1.807) is 30.3 Å². The normalized spacial score (nSPS) is 15.6. The summed E-state index contributed by atoms with van der Waals surface area (Å²) in [5.74, 6) is -1.49. The van der Waals surface area contributed by atoms with E-state index in [9.17, 15) is 14.0 Å². The standard InChI is InChI=1S/C20H16FNO3S2/c21-16-9-4-3-8-15(16)14-7-2-1-6-13(14)12-17-19(25)22(20(26)27-17)11-5-10-18(23)24/h1-4,6-9,12H,5,10-11H2,(H,23,24). The van der Waals surface area contributed by atoms with Crippen molar-refractivity contribution < 1.29 is 19.1 Å². The van der Waals surface area contributed by atoms with E-state index in [-0.39, 0.29) is 24.7 Å². The predicted octanol–water partition coefficient (Wildman–Crippen LogP) is 4.56. The van der Waals surface area contributed by atoms with Gasteiger partial charge in [-0.1, -0.05) is 66.4 Å². The Morgan fingerprint density at radius 2 is 1.81 bits per heavy atom. The van der Waals surface area contributed by atoms with Crippen molar-refractivity contribution in [3.8, 4) is 11.1 Å². The van der Waals surface area contributed by atoms with Crippen molar-refractivity contribution >= 4 is 46.3 Å². The molecule has 27 heavy (non-hydrogen) atoms. The number of amides is 1. The fourth-order valence-corrected chi connectivity index (χ4v) is 4.07. The number of carbonyl (C=O) groups is 2. The molecule has 7 heteroatoms. The van der Waals surface area contributed by atoms with Gasteiger partial charge >= 0.3 is 5.97 Å². The van der Waals surface area contributed by atoms with Gasteiger partial charge in [0, 0.05) is 18.5 Å². The third kappa shape index (κ3) is 4.43. The van der Waals surface area contributed by atoms with Gasteiger partial charge in [0.25, 0.3) is 5.91 Å². The van der Waals surface area contributed by atoms with Crippen LogP contribution in [0.4, 0.5) is 4.39 Å². The van der Waals surface area contributed by atoms with Gasteiger partial charge in [-0.05, 0) is 29.7 Å². The fourth-order valence-electron chi connectivity index (χ4n) is 2.77. The largest absolute Gasteiger partial charge is 0.481 e. The van der Waals surface area contributed by atoms with Crippen LogP contribution in [0.2, 0.25) is 0 Å². The quantitative estimate of drug-likeness (QED) is 0.568. The van der Waals surface area contributed by atoms with Crippen molar-refractivity contribution in [3.05, 3.63) is 64.8 Å². The number of rotatable bonds is 6. The van der Waals surface area contributed by atoms with E-state index >= 15 is 0 Å². The highest BCUT2D eigenvalue weighted by molar-refractivity contribution is 8.26. The van der Waals surface area contributed by atoms with Crippen molar-refractivity contribution in [2.75, 3.05) is 6.54 Å². The Morgan fingerprint density at radius 3 is 2.52 bits per heavy atom. The average molecular weight is 401 g/mol. The number of carboxylic acids is 1. The highest BCUT2D eigenvalue weighted by Crippen LogP contribution is 2.35. The summed E-state index contributed by atoms with van der Waals surface area (Å²) in [5, 5.41) is 8.74. The second-order valence-electron chi connectivity index (χ2n) is 5.90. The Kier molecular flexibility index (Phi) is 6.03. The van der Waals surface area contributed by atoms with Gasteiger partial charge in [0.1, 0.15) is 10.1 Å². The Labute approximate surface area is 165 Å². The van der Waals surface area contributed by atoms with E-state index in [0.29, 0.717) is 32.3 Å². The van der Waals surface area contributed by atoms with Crippen LogP contribution in [0.3, 0.4) is 0 Å². The third-order valence-corrected chi connectivity index (χ3v) is 5.44. The minimum Gasteiger partial charge on any atom is -0.481 e. The van der Waals surface area contributed by atoms with Gasteiger partial charge < -0.3 is 5.11 Å². The molecule has 2 aromatic carbocycles. The van der Waals surface area contributed by atoms with Crippen LogP contribution in [0.1, 0.15) is 18.4 Å². The number of hydrogen-bond donors (Lipinski definition) is 1. The number of aliphatic carboxylic acids is 1. The van der Waals surface area contributed by atoms with Crippen molar-refractivity contribution in [2.45, 2.75) is 12.8 Å². The molecule has 0 bridgehead atoms. The molecule has 2 aromatic rings. The molecular formula is C20H16FNO3S2. The minimum absolute atomic E-state index is 0.0216. The number of benzene rings is 2. The lowest BCUT2D eigenvalue weighted by Gasteiger charge is -2.13. The minimum atomic E-state index is -0.908. The topological polar surface area (TPSA) is 57.6 Å². The lowest BCUT2D eigenvalue weighted by molar-refractivity contribution is -0.137. The van der Waals surface area contributed by atoms with Gasteiger partial charge in [0.2, 0.25) is 0 Å². The van der Waals surface area contributed by atoms with Gasteiger partial charge in [0.05, 0.1) is 4.91 Å². The second kappa shape index (κ2) is 8.45. The molecule has 1 heterocycles. The molecule has 1 amide bonds. The molecule has 1 aliphatic heterocycles. The first-order valence-electron chi connectivity index (χ1n) is 8.28. The second-order valence-corrected chi connectivity index (χ2v) is 7.57. The first-order valence-corrected chi connectivity index (χ1v) is 9.51. The highest BCUT2D eigenvalue weighted by Gasteiger charge is 2.31. The Balaban J connectivity index is 1.88. The van der Waals surface area contributed by atoms with Gasteiger partial charge in [-0.2, -0.15) is 0 Å². The van der Waals surface area contributed by atoms with E-state index in [1.165, 1.54) is 22.7 Å². The summed E-state index contributed by atoms with van der Waals surface area (Å²) in [6, 6.07) is 13.7. The summed E-state index contributed by atoms with van der Waals surface area (Å²) >= 11 is 6.43. The number of halogens is 1. The van der Waals surface area contributed by atoms with Crippen LogP contribution in [0.25, 0.3) is 17.2 Å². The molecule has 0 atom stereocenters. The lowest BCUT2D eigenvalue weighted by Crippen LogP contribution is -2.29. The van der Waals surface area contributed by atoms with Gasteiger partial charge in [0.15, 0.2) is 0 Å². The van der Waals surface area contributed by atoms with Crippen LogP contribution in [0, 0.1) is 5.82 Å². The number of thioether (sulfide) groups is 1. The van der Waals surface area contributed by atoms with E-state index < -0.39 is 5.97 Å². The van der Waals surface area contributed by atoms with E-state index in [2.05, 4.69) is 0 Å². The zero-order chi connectivity index (χ0) is 19.4. The summed E-state index contributed by atoms with van der Waals surface area (Å²) in [7, 11) is 0. The number of carboxylic acid groups (broad SMARTS) is 1. The number of thiocarbonyl (C=S) groups is 1. The van der Waals surface area contributed by atoms with Crippen molar-refractivity contribution in [3.63, 3.8) is 0 Å². The Morgan fingerprint density at radius 1 is 1.15 bits per heavy atom. The number of hydrogen-bond acceptors (Lipinski definition) is 4. The van der Waals surface area contributed by atoms with Crippen LogP contribution in [0.5, 0.6) is 0 Å². The zero-order valence-electron chi connectivity index (χ0n) is 14.2. The smallest absolute Gasteiger partial charge is 0.303 e. The molecule has 1 saturated heterocycles. The average Bonchev–Trinajstić information content (AvgIpc) is 2.90. The maximum absolute atomic E-state index is 14.2. The summed E-state index contributed by atoms with van der Waals surface area (Å²) in [4.78, 5) is 25.2. The molecule has 3 rings (SSSR count). The van der Waals surface area contributed by atoms with E-state index in [4.69, 9.17) is 17.3 Å². The maximum atomic E-state index is 14.2. The molecule has 1 N–H and O–H groups in total. The molecule has 4 nitrogen and oxygen atoms in total. The van der Waals surface area contributed by atoms with Crippen LogP contribution in [-0.2, 0) is 9.59 Å². The van der Waals surface area contributed by atoms with Crippen molar-refractivity contribution in [2.24, 2.45) is 0 Å². The molecule has 1 aliphatic rings. The van der Waals surface area contributed by atoms with Crippen LogP contribution >= 0.6 is 24.0 Å². The number of carbonyl (C=O) groups excluding carboxylic acids is 1. The molecule has 1 fully saturated rings. The molecule has 0 radical (unpaired) electrons. The number of nitrogens with zero attached hydrogens (tertiary/aromatic N) is 1. The zero-order valence-corrected chi connectivity index (χ0v) is 15.9. The Hall–Kier alpha value is -2.51. The van der Waals surface area contributed by atoms with E-state index in [0.717, 1.165) is 0 Å². The Bertz CT molecular complexity index is 942. The third-order valence-electron chi connectivity index (χ3n) is 4.06. The monoisotopic (exact) mass is 401 g/mol. The van der Waals surface area contributed by atoms with Gasteiger partial charge in [-0.3, -0.25) is 14.5 Å². The molecule has 0 aromatic heterocycles. The SMILES string of the molecule is O=C(O)CCCN1C(=O)C(=Cc2ccccc2-c2ccccc2F)SC1=S. The lowest BCUT2D eigenvalue weighted by atomic mass is 9.99. The fraction of sp³-hybridized carbons (Fsp3) is 0.150. The first kappa shape index (κ1) is 19.3. The summed E-state index contributed by atoms with van der Waals surface area (Å²) in [6.45, 7) is 0.267. The van der Waals surface area contributed by atoms with Crippen LogP contribution in [0.15, 0.2) is 53.4 Å². The maximum Gasteiger partial charge on any atom is 0.303 e. The van der Waals surface area contributed by atoms with Gasteiger partial charge in [-0.25, -0.2) is 4.39 Å². The van der Waals surface area contributed by atoms with Crippen molar-refractivity contribution in [1.82, 2.24) is 4.90 Å². The molecule has 0 aliphatic carbocycles. The predicted molar refractivity (Wildman–Crippen MR) is 109 cm³/mol. The molecule has 0 unspecified atom stereocenters. The molecular weight excluding hydrogens is 385 g/mol. The van der Waals surface area contributed by atoms with Crippen LogP contribution < -0.4 is 0 Å². The molecule has 0 spiro atoms. The molecule has 138 valence electrons. The highest BCUT2D eigenvalue weighted by atomic mass is 32.2. The summed E-state index contributed by atoms with van der Waals surface area (Å²) in [6.07, 6.45) is 2.02. The van der Waals surface area contributed by atoms with Crippen LogP contribution in [-0.4, -0.2) is 32.7 Å². The van der Waals surface area contributed by atoms with Crippen molar-refractivity contribution in [1.29, 1.82) is 0 Å². The van der Waals surface area contributed by atoms with Gasteiger partial charge in [-0.15, -0.1) is 0 Å².